The highest BCUT2D eigenvalue weighted by Crippen LogP contribution is 1.93. The van der Waals surface area contributed by atoms with Crippen LogP contribution in [0.1, 0.15) is 6.92 Å². The molecular weight excluding hydrogens is 115 g/mol. The highest BCUT2D eigenvalue weighted by Gasteiger charge is 2.05. The fourth-order valence-corrected chi connectivity index (χ4v) is 0.105. The minimum Gasteiger partial charge on any atom is -0.303 e. The molecule has 0 fully saturated rings. The Morgan fingerprint density at radius 1 is 1.86 bits per heavy atom. The average molecular weight is 121 g/mol. The molecule has 0 aromatic rings. The summed E-state index contributed by atoms with van der Waals surface area (Å²) >= 11 is 4.86. The molecule has 0 bridgehead atoms. The van der Waals surface area contributed by atoms with E-state index in [0.29, 0.717) is 6.29 Å². The molecule has 0 saturated heterocycles. The molecule has 3 heteroatoms. The highest BCUT2D eigenvalue weighted by molar-refractivity contribution is 6.65. The SMILES string of the molecule is CC(C=O)C(=O)Cl. The van der Waals surface area contributed by atoms with Gasteiger partial charge in [0.1, 0.15) is 6.29 Å². The Morgan fingerprint density at radius 2 is 2.29 bits per heavy atom. The van der Waals surface area contributed by atoms with Crippen molar-refractivity contribution in [1.29, 1.82) is 0 Å². The number of halogens is 1. The van der Waals surface area contributed by atoms with E-state index < -0.39 is 11.2 Å². The summed E-state index contributed by atoms with van der Waals surface area (Å²) in [5.41, 5.74) is 0. The lowest BCUT2D eigenvalue weighted by Gasteiger charge is -1.87. The van der Waals surface area contributed by atoms with Crippen LogP contribution < -0.4 is 0 Å². The lowest BCUT2D eigenvalue weighted by Crippen LogP contribution is -2.03. The topological polar surface area (TPSA) is 34.1 Å². The molecule has 40 valence electrons. The van der Waals surface area contributed by atoms with E-state index >= 15 is 0 Å². The molecule has 0 saturated carbocycles. The van der Waals surface area contributed by atoms with E-state index in [1.54, 1.807) is 0 Å². The van der Waals surface area contributed by atoms with E-state index in [1.165, 1.54) is 6.92 Å². The summed E-state index contributed by atoms with van der Waals surface area (Å²) < 4.78 is 0. The number of rotatable bonds is 2. The van der Waals surface area contributed by atoms with Gasteiger partial charge in [0, 0.05) is 0 Å². The average Bonchev–Trinajstić information content (AvgIpc) is 1.65. The molecule has 0 aliphatic carbocycles. The van der Waals surface area contributed by atoms with Gasteiger partial charge in [0.15, 0.2) is 0 Å². The first-order valence-electron chi connectivity index (χ1n) is 1.83. The van der Waals surface area contributed by atoms with Crippen LogP contribution in [0, 0.1) is 5.92 Å². The van der Waals surface area contributed by atoms with Crippen LogP contribution in [0.5, 0.6) is 0 Å². The van der Waals surface area contributed by atoms with Gasteiger partial charge in [-0.2, -0.15) is 0 Å². The van der Waals surface area contributed by atoms with Gasteiger partial charge in [-0.3, -0.25) is 4.79 Å². The molecule has 1 unspecified atom stereocenters. The second-order valence-corrected chi connectivity index (χ2v) is 1.60. The Hall–Kier alpha value is -0.370. The number of hydrogen-bond donors (Lipinski definition) is 0. The third-order valence-corrected chi connectivity index (χ3v) is 0.906. The third kappa shape index (κ3) is 2.34. The van der Waals surface area contributed by atoms with Gasteiger partial charge in [-0.15, -0.1) is 0 Å². The van der Waals surface area contributed by atoms with E-state index in [1.807, 2.05) is 0 Å². The first-order chi connectivity index (χ1) is 3.18. The maximum absolute atomic E-state index is 9.91. The largest absolute Gasteiger partial charge is 0.303 e. The third-order valence-electron chi connectivity index (χ3n) is 0.562. The predicted molar refractivity (Wildman–Crippen MR) is 26.1 cm³/mol. The second kappa shape index (κ2) is 2.75. The Bertz CT molecular complexity index is 89.7. The van der Waals surface area contributed by atoms with E-state index in [4.69, 9.17) is 11.6 Å². The normalized spacial score (nSPS) is 12.9. The van der Waals surface area contributed by atoms with Gasteiger partial charge in [-0.25, -0.2) is 0 Å². The second-order valence-electron chi connectivity index (χ2n) is 1.23. The van der Waals surface area contributed by atoms with Crippen LogP contribution in [0.3, 0.4) is 0 Å². The smallest absolute Gasteiger partial charge is 0.231 e. The van der Waals surface area contributed by atoms with Crippen molar-refractivity contribution in [2.45, 2.75) is 6.92 Å². The Kier molecular flexibility index (Phi) is 2.60. The quantitative estimate of drug-likeness (QED) is 0.304. The first kappa shape index (κ1) is 6.63. The maximum atomic E-state index is 9.91. The summed E-state index contributed by atoms with van der Waals surface area (Å²) in [5.74, 6) is -0.651. The fraction of sp³-hybridized carbons (Fsp3) is 0.500. The molecule has 0 aromatic carbocycles. The van der Waals surface area contributed by atoms with Gasteiger partial charge < -0.3 is 4.79 Å². The molecule has 0 spiro atoms. The molecule has 0 aliphatic heterocycles. The van der Waals surface area contributed by atoms with Crippen LogP contribution >= 0.6 is 11.6 Å². The minimum atomic E-state index is -0.651. The van der Waals surface area contributed by atoms with Gasteiger partial charge in [0.05, 0.1) is 5.92 Å². The van der Waals surface area contributed by atoms with Crippen molar-refractivity contribution in [2.75, 3.05) is 0 Å². The monoisotopic (exact) mass is 120 g/mol. The van der Waals surface area contributed by atoms with E-state index in [2.05, 4.69) is 0 Å². The lowest BCUT2D eigenvalue weighted by molar-refractivity contribution is -0.121. The van der Waals surface area contributed by atoms with Crippen LogP contribution in [-0.4, -0.2) is 11.5 Å². The van der Waals surface area contributed by atoms with Crippen molar-refractivity contribution in [3.8, 4) is 0 Å². The molecule has 0 amide bonds. The molecule has 0 N–H and O–H groups in total. The number of aldehydes is 1. The molecular formula is C4H5ClO2. The molecule has 0 rings (SSSR count). The van der Waals surface area contributed by atoms with Crippen molar-refractivity contribution in [3.05, 3.63) is 0 Å². The Balaban J connectivity index is 3.55. The predicted octanol–water partition coefficient (Wildman–Crippen LogP) is 0.587. The van der Waals surface area contributed by atoms with Crippen molar-refractivity contribution in [1.82, 2.24) is 0 Å². The lowest BCUT2D eigenvalue weighted by atomic mass is 10.2. The molecule has 2 nitrogen and oxygen atoms in total. The molecule has 1 atom stereocenters. The van der Waals surface area contributed by atoms with Gasteiger partial charge in [-0.1, -0.05) is 0 Å². The summed E-state index contributed by atoms with van der Waals surface area (Å²) in [6.45, 7) is 1.45. The molecule has 7 heavy (non-hydrogen) atoms. The van der Waals surface area contributed by atoms with E-state index in [9.17, 15) is 9.59 Å². The van der Waals surface area contributed by atoms with Crippen LogP contribution in [0.15, 0.2) is 0 Å². The zero-order valence-electron chi connectivity index (χ0n) is 3.85. The number of carbonyl (C=O) groups excluding carboxylic acids is 2. The van der Waals surface area contributed by atoms with Crippen molar-refractivity contribution < 1.29 is 9.59 Å². The zero-order chi connectivity index (χ0) is 5.86. The van der Waals surface area contributed by atoms with Crippen LogP contribution in [0.25, 0.3) is 0 Å². The summed E-state index contributed by atoms with van der Waals surface area (Å²) in [4.78, 5) is 19.5. The molecule has 0 heterocycles. The summed E-state index contributed by atoms with van der Waals surface area (Å²) in [5, 5.41) is -0.602. The molecule has 0 aromatic heterocycles. The van der Waals surface area contributed by atoms with Crippen molar-refractivity contribution >= 4 is 23.1 Å². The van der Waals surface area contributed by atoms with Crippen LogP contribution in [-0.2, 0) is 9.59 Å². The van der Waals surface area contributed by atoms with Gasteiger partial charge in [0.2, 0.25) is 5.24 Å². The number of carbonyl (C=O) groups is 2. The first-order valence-corrected chi connectivity index (χ1v) is 2.21. The summed E-state index contributed by atoms with van der Waals surface area (Å²) in [6.07, 6.45) is 0.509. The van der Waals surface area contributed by atoms with Crippen LogP contribution in [0.4, 0.5) is 0 Å². The Morgan fingerprint density at radius 3 is 2.29 bits per heavy atom. The fourth-order valence-electron chi connectivity index (χ4n) is 0.0535. The molecule has 0 aliphatic rings. The molecule has 0 radical (unpaired) electrons. The Labute approximate surface area is 46.5 Å². The summed E-state index contributed by atoms with van der Waals surface area (Å²) in [6, 6.07) is 0. The zero-order valence-corrected chi connectivity index (χ0v) is 4.61. The minimum absolute atomic E-state index is 0.509. The van der Waals surface area contributed by atoms with Gasteiger partial charge in [-0.05, 0) is 18.5 Å². The van der Waals surface area contributed by atoms with E-state index in [-0.39, 0.29) is 0 Å². The van der Waals surface area contributed by atoms with Crippen molar-refractivity contribution in [3.63, 3.8) is 0 Å². The highest BCUT2D eigenvalue weighted by atomic mass is 35.5. The maximum Gasteiger partial charge on any atom is 0.231 e. The van der Waals surface area contributed by atoms with Crippen LogP contribution in [0.2, 0.25) is 0 Å². The van der Waals surface area contributed by atoms with Gasteiger partial charge >= 0.3 is 0 Å². The van der Waals surface area contributed by atoms with Gasteiger partial charge in [0.25, 0.3) is 0 Å². The summed E-state index contributed by atoms with van der Waals surface area (Å²) in [7, 11) is 0. The standard InChI is InChI=1S/C4H5ClO2/c1-3(2-6)4(5)7/h2-3H,1H3. The van der Waals surface area contributed by atoms with E-state index in [0.717, 1.165) is 0 Å². The van der Waals surface area contributed by atoms with Crippen molar-refractivity contribution in [2.24, 2.45) is 5.92 Å². The number of hydrogen-bond acceptors (Lipinski definition) is 2.